The number of hydrogen-bond acceptors (Lipinski definition) is 4. The molecule has 18 heavy (non-hydrogen) atoms. The van der Waals surface area contributed by atoms with E-state index in [9.17, 15) is 4.79 Å². The van der Waals surface area contributed by atoms with E-state index in [1.807, 2.05) is 26.0 Å². The first-order chi connectivity index (χ1) is 8.54. The van der Waals surface area contributed by atoms with Gasteiger partial charge in [-0.1, -0.05) is 6.07 Å². The van der Waals surface area contributed by atoms with Crippen LogP contribution in [-0.2, 0) is 0 Å². The minimum Gasteiger partial charge on any atom is -0.478 e. The molecule has 2 rings (SSSR count). The highest BCUT2D eigenvalue weighted by Gasteiger charge is 2.06. The molecule has 92 valence electrons. The second-order valence-corrected chi connectivity index (χ2v) is 4.91. The lowest BCUT2D eigenvalue weighted by Gasteiger charge is -2.03. The third-order valence-electron chi connectivity index (χ3n) is 2.25. The minimum absolute atomic E-state index is 0.268. The maximum atomic E-state index is 10.9. The van der Waals surface area contributed by atoms with Crippen molar-refractivity contribution in [3.05, 3.63) is 47.3 Å². The smallest absolute Gasteiger partial charge is 0.335 e. The monoisotopic (exact) mass is 260 g/mol. The second-order valence-electron chi connectivity index (χ2n) is 3.87. The Morgan fingerprint density at radius 1 is 1.17 bits per heavy atom. The molecule has 1 N–H and O–H groups in total. The van der Waals surface area contributed by atoms with Gasteiger partial charge in [0.2, 0.25) is 0 Å². The first kappa shape index (κ1) is 12.6. The average Bonchev–Trinajstić information content (AvgIpc) is 2.27. The Balaban J connectivity index is 2.28. The molecule has 0 aliphatic carbocycles. The van der Waals surface area contributed by atoms with Gasteiger partial charge in [0.1, 0.15) is 0 Å². The summed E-state index contributed by atoms with van der Waals surface area (Å²) in [6.07, 6.45) is 0. The number of carboxylic acids is 1. The fourth-order valence-corrected chi connectivity index (χ4v) is 2.46. The van der Waals surface area contributed by atoms with Crippen LogP contribution in [-0.4, -0.2) is 21.0 Å². The third-order valence-corrected chi connectivity index (χ3v) is 3.11. The Hall–Kier alpha value is -1.88. The first-order valence-corrected chi connectivity index (χ1v) is 6.20. The summed E-state index contributed by atoms with van der Waals surface area (Å²) in [5, 5.41) is 9.56. The number of hydrogen-bond donors (Lipinski definition) is 1. The molecule has 1 aromatic carbocycles. The van der Waals surface area contributed by atoms with Crippen molar-refractivity contribution in [2.24, 2.45) is 0 Å². The van der Waals surface area contributed by atoms with Crippen LogP contribution in [0.5, 0.6) is 0 Å². The quantitative estimate of drug-likeness (QED) is 0.860. The summed E-state index contributed by atoms with van der Waals surface area (Å²) in [6, 6.07) is 8.65. The van der Waals surface area contributed by atoms with Gasteiger partial charge in [-0.2, -0.15) is 0 Å². The van der Waals surface area contributed by atoms with Crippen LogP contribution in [0.3, 0.4) is 0 Å². The Kier molecular flexibility index (Phi) is 3.62. The van der Waals surface area contributed by atoms with E-state index in [2.05, 4.69) is 9.97 Å². The van der Waals surface area contributed by atoms with E-state index in [1.54, 1.807) is 18.2 Å². The van der Waals surface area contributed by atoms with E-state index < -0.39 is 5.97 Å². The highest BCUT2D eigenvalue weighted by Crippen LogP contribution is 2.25. The predicted molar refractivity (Wildman–Crippen MR) is 69.0 cm³/mol. The van der Waals surface area contributed by atoms with E-state index >= 15 is 0 Å². The van der Waals surface area contributed by atoms with Crippen LogP contribution in [0.25, 0.3) is 0 Å². The maximum Gasteiger partial charge on any atom is 0.335 e. The molecule has 1 aromatic heterocycles. The molecule has 0 aliphatic rings. The fraction of sp³-hybridized carbons (Fsp3) is 0.154. The largest absolute Gasteiger partial charge is 0.478 e. The Morgan fingerprint density at radius 3 is 2.44 bits per heavy atom. The van der Waals surface area contributed by atoms with Crippen LogP contribution >= 0.6 is 11.8 Å². The Bertz CT molecular complexity index is 579. The van der Waals surface area contributed by atoms with Crippen molar-refractivity contribution in [1.82, 2.24) is 9.97 Å². The standard InChI is InChI=1S/C13H12N2O2S/c1-8-6-9(2)15-13(14-8)18-11-5-3-4-10(7-11)12(16)17/h3-7H,1-2H3,(H,16,17). The van der Waals surface area contributed by atoms with Gasteiger partial charge in [-0.3, -0.25) is 0 Å². The number of aryl methyl sites for hydroxylation is 2. The lowest BCUT2D eigenvalue weighted by atomic mass is 10.2. The van der Waals surface area contributed by atoms with Crippen molar-refractivity contribution < 1.29 is 9.90 Å². The van der Waals surface area contributed by atoms with Crippen LogP contribution in [0.4, 0.5) is 0 Å². The maximum absolute atomic E-state index is 10.9. The first-order valence-electron chi connectivity index (χ1n) is 5.38. The van der Waals surface area contributed by atoms with Gasteiger partial charge in [0.15, 0.2) is 5.16 Å². The van der Waals surface area contributed by atoms with E-state index in [1.165, 1.54) is 11.8 Å². The van der Waals surface area contributed by atoms with Crippen molar-refractivity contribution in [2.45, 2.75) is 23.9 Å². The van der Waals surface area contributed by atoms with Crippen molar-refractivity contribution in [1.29, 1.82) is 0 Å². The molecular weight excluding hydrogens is 248 g/mol. The topological polar surface area (TPSA) is 63.1 Å². The predicted octanol–water partition coefficient (Wildman–Crippen LogP) is 2.94. The summed E-state index contributed by atoms with van der Waals surface area (Å²) in [5.74, 6) is -0.932. The third kappa shape index (κ3) is 3.07. The number of carbonyl (C=O) groups is 1. The van der Waals surface area contributed by atoms with Crippen LogP contribution in [0.2, 0.25) is 0 Å². The van der Waals surface area contributed by atoms with Gasteiger partial charge in [-0.25, -0.2) is 14.8 Å². The molecule has 1 heterocycles. The molecule has 5 heteroatoms. The van der Waals surface area contributed by atoms with Crippen molar-refractivity contribution >= 4 is 17.7 Å². The average molecular weight is 260 g/mol. The highest BCUT2D eigenvalue weighted by molar-refractivity contribution is 7.99. The molecule has 0 unspecified atom stereocenters. The zero-order valence-corrected chi connectivity index (χ0v) is 10.9. The van der Waals surface area contributed by atoms with E-state index in [0.29, 0.717) is 5.16 Å². The molecule has 0 bridgehead atoms. The lowest BCUT2D eigenvalue weighted by molar-refractivity contribution is 0.0696. The zero-order chi connectivity index (χ0) is 13.1. The number of carboxylic acid groups (broad SMARTS) is 1. The molecule has 0 spiro atoms. The lowest BCUT2D eigenvalue weighted by Crippen LogP contribution is -1.96. The van der Waals surface area contributed by atoms with Crippen molar-refractivity contribution in [3.8, 4) is 0 Å². The molecule has 0 aliphatic heterocycles. The molecule has 0 radical (unpaired) electrons. The van der Waals surface area contributed by atoms with Crippen LogP contribution in [0.15, 0.2) is 40.4 Å². The number of aromatic nitrogens is 2. The summed E-state index contributed by atoms with van der Waals surface area (Å²) >= 11 is 1.36. The number of nitrogens with zero attached hydrogens (tertiary/aromatic N) is 2. The van der Waals surface area contributed by atoms with E-state index in [-0.39, 0.29) is 5.56 Å². The molecule has 4 nitrogen and oxygen atoms in total. The number of aromatic carboxylic acids is 1. The summed E-state index contributed by atoms with van der Waals surface area (Å²) in [6.45, 7) is 3.82. The molecule has 2 aromatic rings. The molecule has 0 atom stereocenters. The van der Waals surface area contributed by atoms with E-state index in [4.69, 9.17) is 5.11 Å². The Labute approximate surface area is 109 Å². The van der Waals surface area contributed by atoms with E-state index in [0.717, 1.165) is 16.3 Å². The van der Waals surface area contributed by atoms with Crippen LogP contribution < -0.4 is 0 Å². The Morgan fingerprint density at radius 2 is 1.83 bits per heavy atom. The second kappa shape index (κ2) is 5.18. The number of benzene rings is 1. The molecule has 0 saturated carbocycles. The zero-order valence-electron chi connectivity index (χ0n) is 10.0. The van der Waals surface area contributed by atoms with Gasteiger partial charge < -0.3 is 5.11 Å². The minimum atomic E-state index is -0.932. The molecule has 0 amide bonds. The molecular formula is C13H12N2O2S. The summed E-state index contributed by atoms with van der Waals surface area (Å²) in [5.41, 5.74) is 2.07. The van der Waals surface area contributed by atoms with Gasteiger partial charge in [-0.15, -0.1) is 0 Å². The van der Waals surface area contributed by atoms with Gasteiger partial charge >= 0.3 is 5.97 Å². The fourth-order valence-electron chi connectivity index (χ4n) is 1.54. The van der Waals surface area contributed by atoms with Crippen LogP contribution in [0, 0.1) is 13.8 Å². The normalized spacial score (nSPS) is 10.3. The summed E-state index contributed by atoms with van der Waals surface area (Å²) in [4.78, 5) is 20.3. The van der Waals surface area contributed by atoms with Crippen molar-refractivity contribution in [2.75, 3.05) is 0 Å². The molecule has 0 fully saturated rings. The van der Waals surface area contributed by atoms with Gasteiger partial charge in [0.05, 0.1) is 5.56 Å². The SMILES string of the molecule is Cc1cc(C)nc(Sc2cccc(C(=O)O)c2)n1. The highest BCUT2D eigenvalue weighted by atomic mass is 32.2. The van der Waals surface area contributed by atoms with Gasteiger partial charge in [0.25, 0.3) is 0 Å². The van der Waals surface area contributed by atoms with Crippen LogP contribution in [0.1, 0.15) is 21.7 Å². The van der Waals surface area contributed by atoms with Gasteiger partial charge in [0, 0.05) is 16.3 Å². The van der Waals surface area contributed by atoms with Gasteiger partial charge in [-0.05, 0) is 49.9 Å². The van der Waals surface area contributed by atoms with Crippen molar-refractivity contribution in [3.63, 3.8) is 0 Å². The molecule has 0 saturated heterocycles. The summed E-state index contributed by atoms with van der Waals surface area (Å²) in [7, 11) is 0. The summed E-state index contributed by atoms with van der Waals surface area (Å²) < 4.78 is 0. The number of rotatable bonds is 3.